The van der Waals surface area contributed by atoms with E-state index in [2.05, 4.69) is 15.0 Å². The highest BCUT2D eigenvalue weighted by Gasteiger charge is 2.14. The van der Waals surface area contributed by atoms with Crippen LogP contribution in [0.5, 0.6) is 0 Å². The summed E-state index contributed by atoms with van der Waals surface area (Å²) in [6.45, 7) is 0. The molecule has 162 valence electrons. The normalized spacial score (nSPS) is 10.9. The largest absolute Gasteiger partial charge is 0.301 e. The molecule has 4 rings (SSSR count). The van der Waals surface area contributed by atoms with Crippen molar-refractivity contribution in [3.63, 3.8) is 0 Å². The number of benzene rings is 2. The smallest absolute Gasteiger partial charge is 0.255 e. The Hall–Kier alpha value is -3.03. The number of halogens is 2. The van der Waals surface area contributed by atoms with Gasteiger partial charge < -0.3 is 4.98 Å². The lowest BCUT2D eigenvalue weighted by atomic mass is 10.0. The molecule has 0 aliphatic heterocycles. The molecule has 8 heteroatoms. The minimum atomic E-state index is -0.276. The molecular formula is C24H20ClFN4OS. The van der Waals surface area contributed by atoms with Crippen LogP contribution >= 0.6 is 23.4 Å². The van der Waals surface area contributed by atoms with Crippen LogP contribution in [-0.2, 0) is 25.0 Å². The number of thioether (sulfide) groups is 1. The number of H-pyrrole nitrogens is 1. The maximum atomic E-state index is 13.1. The van der Waals surface area contributed by atoms with Gasteiger partial charge in [0.2, 0.25) is 0 Å². The van der Waals surface area contributed by atoms with Crippen molar-refractivity contribution in [1.29, 1.82) is 0 Å². The molecule has 1 N–H and O–H groups in total. The van der Waals surface area contributed by atoms with Crippen molar-refractivity contribution >= 4 is 23.4 Å². The lowest BCUT2D eigenvalue weighted by Gasteiger charge is -2.11. The van der Waals surface area contributed by atoms with Gasteiger partial charge >= 0.3 is 0 Å². The van der Waals surface area contributed by atoms with E-state index in [-0.39, 0.29) is 11.4 Å². The molecule has 0 amide bonds. The Morgan fingerprint density at radius 2 is 1.72 bits per heavy atom. The summed E-state index contributed by atoms with van der Waals surface area (Å²) < 4.78 is 13.1. The molecule has 0 bridgehead atoms. The van der Waals surface area contributed by atoms with Crippen LogP contribution in [0.1, 0.15) is 27.9 Å². The second-order valence-corrected chi connectivity index (χ2v) is 8.60. The van der Waals surface area contributed by atoms with Gasteiger partial charge in [-0.05, 0) is 47.7 Å². The van der Waals surface area contributed by atoms with Gasteiger partial charge in [0.1, 0.15) is 12.1 Å². The van der Waals surface area contributed by atoms with Crippen molar-refractivity contribution in [2.45, 2.75) is 30.2 Å². The zero-order valence-electron chi connectivity index (χ0n) is 17.1. The van der Waals surface area contributed by atoms with Gasteiger partial charge in [-0.3, -0.25) is 4.79 Å². The highest BCUT2D eigenvalue weighted by molar-refractivity contribution is 7.98. The van der Waals surface area contributed by atoms with Crippen LogP contribution in [0.3, 0.4) is 0 Å². The van der Waals surface area contributed by atoms with Crippen molar-refractivity contribution in [2.75, 3.05) is 0 Å². The van der Waals surface area contributed by atoms with Crippen LogP contribution in [0.4, 0.5) is 4.39 Å². The zero-order chi connectivity index (χ0) is 22.3. The number of aryl methyl sites for hydroxylation is 2. The average molecular weight is 467 g/mol. The predicted molar refractivity (Wildman–Crippen MR) is 125 cm³/mol. The van der Waals surface area contributed by atoms with Gasteiger partial charge in [-0.1, -0.05) is 53.7 Å². The van der Waals surface area contributed by atoms with Crippen molar-refractivity contribution in [2.24, 2.45) is 0 Å². The van der Waals surface area contributed by atoms with E-state index in [1.807, 2.05) is 24.3 Å². The molecule has 32 heavy (non-hydrogen) atoms. The van der Waals surface area contributed by atoms with E-state index in [1.165, 1.54) is 30.2 Å². The summed E-state index contributed by atoms with van der Waals surface area (Å²) in [5, 5.41) is 1.22. The number of nitrogens with zero attached hydrogens (tertiary/aromatic N) is 3. The van der Waals surface area contributed by atoms with Gasteiger partial charge in [-0.25, -0.2) is 19.3 Å². The van der Waals surface area contributed by atoms with Gasteiger partial charge in [0, 0.05) is 35.2 Å². The Morgan fingerprint density at radius 1 is 0.969 bits per heavy atom. The molecule has 0 aliphatic carbocycles. The summed E-state index contributed by atoms with van der Waals surface area (Å²) >= 11 is 7.72. The van der Waals surface area contributed by atoms with Crippen molar-refractivity contribution in [3.05, 3.63) is 116 Å². The maximum absolute atomic E-state index is 13.1. The first kappa shape index (κ1) is 22.2. The monoisotopic (exact) mass is 466 g/mol. The number of aromatic amines is 1. The van der Waals surface area contributed by atoms with Gasteiger partial charge in [0.05, 0.1) is 5.69 Å². The molecule has 2 aromatic carbocycles. The van der Waals surface area contributed by atoms with Crippen LogP contribution < -0.4 is 5.56 Å². The minimum absolute atomic E-state index is 0.181. The van der Waals surface area contributed by atoms with E-state index in [0.717, 1.165) is 22.4 Å². The summed E-state index contributed by atoms with van der Waals surface area (Å²) in [5.41, 5.74) is 3.93. The molecule has 5 nitrogen and oxygen atoms in total. The second kappa shape index (κ2) is 10.5. The Labute approximate surface area is 194 Å². The molecule has 0 unspecified atom stereocenters. The van der Waals surface area contributed by atoms with E-state index in [1.54, 1.807) is 24.5 Å². The van der Waals surface area contributed by atoms with E-state index in [9.17, 15) is 9.18 Å². The van der Waals surface area contributed by atoms with Crippen molar-refractivity contribution < 1.29 is 4.39 Å². The van der Waals surface area contributed by atoms with Gasteiger partial charge in [0.25, 0.3) is 5.56 Å². The van der Waals surface area contributed by atoms with Crippen molar-refractivity contribution in [3.8, 4) is 0 Å². The van der Waals surface area contributed by atoms with Gasteiger partial charge in [0.15, 0.2) is 5.16 Å². The SMILES string of the molecule is O=c1[nH]c(SCc2ccc(F)cc2)nc(CCc2ccccc2Cl)c1Cc1cncnc1. The molecule has 0 fully saturated rings. The molecule has 4 aromatic rings. The van der Waals surface area contributed by atoms with Gasteiger partial charge in [-0.15, -0.1) is 0 Å². The molecule has 0 aliphatic rings. The number of hydrogen-bond acceptors (Lipinski definition) is 5. The number of nitrogens with one attached hydrogen (secondary N) is 1. The standard InChI is InChI=1S/C24H20ClFN4OS/c25-21-4-2-1-3-18(21)7-10-22-20(11-17-12-27-15-28-13-17)23(31)30-24(29-22)32-14-16-5-8-19(26)9-6-16/h1-6,8-9,12-13,15H,7,10-11,14H2,(H,29,30,31). The molecular weight excluding hydrogens is 447 g/mol. The van der Waals surface area contributed by atoms with Crippen LogP contribution in [-0.4, -0.2) is 19.9 Å². The molecule has 0 spiro atoms. The third-order valence-electron chi connectivity index (χ3n) is 4.95. The Morgan fingerprint density at radius 3 is 2.47 bits per heavy atom. The first-order valence-corrected chi connectivity index (χ1v) is 11.4. The summed E-state index contributed by atoms with van der Waals surface area (Å²) in [4.78, 5) is 28.7. The van der Waals surface area contributed by atoms with E-state index < -0.39 is 0 Å². The second-order valence-electron chi connectivity index (χ2n) is 7.23. The third kappa shape index (κ3) is 5.81. The summed E-state index contributed by atoms with van der Waals surface area (Å²) in [6, 6.07) is 14.0. The third-order valence-corrected chi connectivity index (χ3v) is 6.27. The fourth-order valence-corrected chi connectivity index (χ4v) is 4.36. The molecule has 0 saturated carbocycles. The minimum Gasteiger partial charge on any atom is -0.301 e. The van der Waals surface area contributed by atoms with E-state index in [0.29, 0.717) is 40.8 Å². The number of hydrogen-bond donors (Lipinski definition) is 1. The zero-order valence-corrected chi connectivity index (χ0v) is 18.7. The fourth-order valence-electron chi connectivity index (χ4n) is 3.29. The highest BCUT2D eigenvalue weighted by Crippen LogP contribution is 2.22. The van der Waals surface area contributed by atoms with Gasteiger partial charge in [-0.2, -0.15) is 0 Å². The molecule has 0 saturated heterocycles. The number of rotatable bonds is 8. The summed E-state index contributed by atoms with van der Waals surface area (Å²) in [7, 11) is 0. The molecule has 0 radical (unpaired) electrons. The molecule has 0 atom stereocenters. The first-order valence-electron chi connectivity index (χ1n) is 10.0. The number of aromatic nitrogens is 4. The Kier molecular flexibility index (Phi) is 7.29. The summed E-state index contributed by atoms with van der Waals surface area (Å²) in [5.74, 6) is 0.292. The summed E-state index contributed by atoms with van der Waals surface area (Å²) in [6.07, 6.45) is 6.48. The van der Waals surface area contributed by atoms with Crippen LogP contribution in [0.15, 0.2) is 77.2 Å². The van der Waals surface area contributed by atoms with Crippen LogP contribution in [0, 0.1) is 5.82 Å². The van der Waals surface area contributed by atoms with E-state index in [4.69, 9.17) is 16.6 Å². The first-order chi connectivity index (χ1) is 15.6. The highest BCUT2D eigenvalue weighted by atomic mass is 35.5. The van der Waals surface area contributed by atoms with Crippen LogP contribution in [0.25, 0.3) is 0 Å². The molecule has 2 heterocycles. The lowest BCUT2D eigenvalue weighted by Crippen LogP contribution is -2.20. The molecule has 2 aromatic heterocycles. The Bertz CT molecular complexity index is 1250. The van der Waals surface area contributed by atoms with E-state index >= 15 is 0 Å². The predicted octanol–water partition coefficient (Wildman–Crippen LogP) is 5.02. The maximum Gasteiger partial charge on any atom is 0.255 e. The Balaban J connectivity index is 1.60. The average Bonchev–Trinajstić information content (AvgIpc) is 2.81. The quantitative estimate of drug-likeness (QED) is 0.291. The topological polar surface area (TPSA) is 71.5 Å². The van der Waals surface area contributed by atoms with Crippen molar-refractivity contribution in [1.82, 2.24) is 19.9 Å². The fraction of sp³-hybridized carbons (Fsp3) is 0.167. The van der Waals surface area contributed by atoms with Crippen LogP contribution in [0.2, 0.25) is 5.02 Å². The lowest BCUT2D eigenvalue weighted by molar-refractivity contribution is 0.627.